The number of hydrogen-bond acceptors (Lipinski definition) is 3. The smallest absolute Gasteiger partial charge is 0.409 e. The number of ether oxygens (including phenoxy) is 1. The van der Waals surface area contributed by atoms with Crippen LogP contribution in [0.3, 0.4) is 0 Å². The summed E-state index contributed by atoms with van der Waals surface area (Å²) in [6, 6.07) is 0. The molecule has 0 aromatic carbocycles. The molecule has 1 rings (SSSR count). The lowest BCUT2D eigenvalue weighted by molar-refractivity contribution is 0.104. The first-order valence-corrected chi connectivity index (χ1v) is 6.47. The van der Waals surface area contributed by atoms with E-state index in [1.165, 1.54) is 12.8 Å². The molecule has 0 bridgehead atoms. The van der Waals surface area contributed by atoms with Gasteiger partial charge in [-0.2, -0.15) is 0 Å². The van der Waals surface area contributed by atoms with Crippen LogP contribution in [0, 0.1) is 0 Å². The van der Waals surface area contributed by atoms with Crippen molar-refractivity contribution >= 4 is 6.09 Å². The lowest BCUT2D eigenvalue weighted by Gasteiger charge is -2.19. The van der Waals surface area contributed by atoms with Gasteiger partial charge in [-0.3, -0.25) is 0 Å². The number of nitrogens with one attached hydrogen (secondary N) is 1. The van der Waals surface area contributed by atoms with E-state index in [4.69, 9.17) is 4.74 Å². The average molecular weight is 228 g/mol. The molecule has 0 saturated carbocycles. The van der Waals surface area contributed by atoms with E-state index in [0.29, 0.717) is 6.61 Å². The van der Waals surface area contributed by atoms with Crippen LogP contribution in [0.4, 0.5) is 4.79 Å². The molecule has 0 spiro atoms. The Morgan fingerprint density at radius 1 is 1.19 bits per heavy atom. The summed E-state index contributed by atoms with van der Waals surface area (Å²) >= 11 is 0. The second-order valence-electron chi connectivity index (χ2n) is 4.27. The molecule has 4 heteroatoms. The monoisotopic (exact) mass is 228 g/mol. The minimum Gasteiger partial charge on any atom is -0.448 e. The number of nitrogens with zero attached hydrogens (tertiary/aromatic N) is 1. The van der Waals surface area contributed by atoms with Gasteiger partial charge in [0.05, 0.1) is 0 Å². The van der Waals surface area contributed by atoms with Gasteiger partial charge in [0, 0.05) is 19.6 Å². The van der Waals surface area contributed by atoms with Gasteiger partial charge in [0.15, 0.2) is 0 Å². The molecule has 1 aliphatic rings. The van der Waals surface area contributed by atoms with Gasteiger partial charge in [-0.1, -0.05) is 19.8 Å². The molecular weight excluding hydrogens is 204 g/mol. The van der Waals surface area contributed by atoms with Crippen LogP contribution >= 0.6 is 0 Å². The molecule has 94 valence electrons. The van der Waals surface area contributed by atoms with E-state index in [-0.39, 0.29) is 6.09 Å². The molecule has 1 amide bonds. The Bertz CT molecular complexity index is 189. The fourth-order valence-corrected chi connectivity index (χ4v) is 1.86. The van der Waals surface area contributed by atoms with Gasteiger partial charge in [0.2, 0.25) is 0 Å². The van der Waals surface area contributed by atoms with Gasteiger partial charge >= 0.3 is 6.09 Å². The van der Waals surface area contributed by atoms with Gasteiger partial charge in [0.25, 0.3) is 0 Å². The van der Waals surface area contributed by atoms with Crippen LogP contribution in [-0.2, 0) is 4.74 Å². The van der Waals surface area contributed by atoms with Crippen LogP contribution in [0.25, 0.3) is 0 Å². The van der Waals surface area contributed by atoms with Crippen molar-refractivity contribution in [1.82, 2.24) is 10.2 Å². The predicted molar refractivity (Wildman–Crippen MR) is 64.5 cm³/mol. The number of carbonyl (C=O) groups excluding carboxylic acids is 1. The zero-order chi connectivity index (χ0) is 11.6. The summed E-state index contributed by atoms with van der Waals surface area (Å²) in [4.78, 5) is 13.5. The quantitative estimate of drug-likeness (QED) is 0.732. The van der Waals surface area contributed by atoms with E-state index < -0.39 is 0 Å². The molecule has 0 unspecified atom stereocenters. The van der Waals surface area contributed by atoms with Gasteiger partial charge in [0.1, 0.15) is 6.61 Å². The van der Waals surface area contributed by atoms with Crippen molar-refractivity contribution in [1.29, 1.82) is 0 Å². The van der Waals surface area contributed by atoms with E-state index in [0.717, 1.165) is 45.4 Å². The molecule has 1 N–H and O–H groups in total. The van der Waals surface area contributed by atoms with Crippen molar-refractivity contribution in [2.45, 2.75) is 39.0 Å². The summed E-state index contributed by atoms with van der Waals surface area (Å²) in [6.07, 6.45) is 5.68. The van der Waals surface area contributed by atoms with Gasteiger partial charge in [-0.15, -0.1) is 0 Å². The Morgan fingerprint density at radius 2 is 1.88 bits per heavy atom. The third-order valence-corrected chi connectivity index (χ3v) is 2.80. The maximum Gasteiger partial charge on any atom is 0.409 e. The number of rotatable bonds is 5. The minimum absolute atomic E-state index is 0.139. The summed E-state index contributed by atoms with van der Waals surface area (Å²) < 4.78 is 5.21. The Morgan fingerprint density at radius 3 is 2.50 bits per heavy atom. The highest BCUT2D eigenvalue weighted by Crippen LogP contribution is 2.10. The Labute approximate surface area is 98.3 Å². The molecular formula is C12H24N2O2. The molecule has 0 aromatic rings. The van der Waals surface area contributed by atoms with Crippen LogP contribution in [0.5, 0.6) is 0 Å². The number of amides is 1. The Hall–Kier alpha value is -0.770. The van der Waals surface area contributed by atoms with Crippen molar-refractivity contribution in [2.24, 2.45) is 0 Å². The molecule has 1 saturated heterocycles. The minimum atomic E-state index is -0.139. The third-order valence-electron chi connectivity index (χ3n) is 2.80. The molecule has 16 heavy (non-hydrogen) atoms. The molecule has 0 aliphatic carbocycles. The highest BCUT2D eigenvalue weighted by atomic mass is 16.6. The van der Waals surface area contributed by atoms with Gasteiger partial charge in [-0.25, -0.2) is 4.79 Å². The first-order valence-electron chi connectivity index (χ1n) is 6.47. The van der Waals surface area contributed by atoms with Crippen molar-refractivity contribution in [3.05, 3.63) is 0 Å². The third kappa shape index (κ3) is 5.35. The van der Waals surface area contributed by atoms with Crippen LogP contribution in [0.2, 0.25) is 0 Å². The lowest BCUT2D eigenvalue weighted by Crippen LogP contribution is -2.34. The molecule has 0 radical (unpaired) electrons. The van der Waals surface area contributed by atoms with Crippen molar-refractivity contribution in [3.8, 4) is 0 Å². The molecule has 1 aliphatic heterocycles. The van der Waals surface area contributed by atoms with E-state index in [9.17, 15) is 4.79 Å². The summed E-state index contributed by atoms with van der Waals surface area (Å²) in [7, 11) is 0. The van der Waals surface area contributed by atoms with E-state index in [1.807, 2.05) is 4.90 Å². The van der Waals surface area contributed by atoms with Crippen LogP contribution in [-0.4, -0.2) is 43.8 Å². The number of hydrogen-bond donors (Lipinski definition) is 1. The zero-order valence-corrected chi connectivity index (χ0v) is 10.3. The Balaban J connectivity index is 2.08. The number of carbonyl (C=O) groups is 1. The standard InChI is InChI=1S/C12H24N2O2/c1-2-7-13-8-11-16-12(15)14-9-5-3-4-6-10-14/h13H,2-11H2,1H3. The second-order valence-corrected chi connectivity index (χ2v) is 4.27. The normalized spacial score (nSPS) is 16.9. The number of likely N-dealkylation sites (tertiary alicyclic amines) is 1. The molecule has 1 heterocycles. The summed E-state index contributed by atoms with van der Waals surface area (Å²) in [6.45, 7) is 6.07. The highest BCUT2D eigenvalue weighted by Gasteiger charge is 2.15. The maximum absolute atomic E-state index is 11.7. The Kier molecular flexibility index (Phi) is 6.97. The second kappa shape index (κ2) is 8.39. The maximum atomic E-state index is 11.7. The summed E-state index contributed by atoms with van der Waals surface area (Å²) in [5.41, 5.74) is 0. The summed E-state index contributed by atoms with van der Waals surface area (Å²) in [5.74, 6) is 0. The van der Waals surface area contributed by atoms with Crippen molar-refractivity contribution < 1.29 is 9.53 Å². The van der Waals surface area contributed by atoms with Gasteiger partial charge < -0.3 is 15.0 Å². The average Bonchev–Trinajstić information content (AvgIpc) is 2.57. The fourth-order valence-electron chi connectivity index (χ4n) is 1.86. The SMILES string of the molecule is CCCNCCOC(=O)N1CCCCCC1. The topological polar surface area (TPSA) is 41.6 Å². The molecule has 0 atom stereocenters. The first-order chi connectivity index (χ1) is 7.84. The largest absolute Gasteiger partial charge is 0.448 e. The van der Waals surface area contributed by atoms with Crippen molar-refractivity contribution in [2.75, 3.05) is 32.8 Å². The van der Waals surface area contributed by atoms with Crippen LogP contribution in [0.15, 0.2) is 0 Å². The van der Waals surface area contributed by atoms with Crippen LogP contribution in [0.1, 0.15) is 39.0 Å². The van der Waals surface area contributed by atoms with E-state index in [2.05, 4.69) is 12.2 Å². The zero-order valence-electron chi connectivity index (χ0n) is 10.3. The van der Waals surface area contributed by atoms with Gasteiger partial charge in [-0.05, 0) is 25.8 Å². The highest BCUT2D eigenvalue weighted by molar-refractivity contribution is 5.67. The summed E-state index contributed by atoms with van der Waals surface area (Å²) in [5, 5.41) is 3.21. The van der Waals surface area contributed by atoms with Crippen LogP contribution < -0.4 is 5.32 Å². The fraction of sp³-hybridized carbons (Fsp3) is 0.917. The van der Waals surface area contributed by atoms with Crippen molar-refractivity contribution in [3.63, 3.8) is 0 Å². The first kappa shape index (κ1) is 13.3. The van der Waals surface area contributed by atoms with E-state index >= 15 is 0 Å². The lowest BCUT2D eigenvalue weighted by atomic mass is 10.2. The molecule has 4 nitrogen and oxygen atoms in total. The molecule has 1 fully saturated rings. The molecule has 0 aromatic heterocycles. The predicted octanol–water partition coefficient (Wildman–Crippen LogP) is 2.00. The van der Waals surface area contributed by atoms with E-state index in [1.54, 1.807) is 0 Å².